The predicted molar refractivity (Wildman–Crippen MR) is 40.9 cm³/mol. The van der Waals surface area contributed by atoms with Crippen molar-refractivity contribution < 1.29 is 4.79 Å². The Morgan fingerprint density at radius 1 is 1.30 bits per heavy atom. The largest absolute Gasteiger partial charge is 0.402 e. The molecule has 0 atom stereocenters. The molecule has 0 spiro atoms. The van der Waals surface area contributed by atoms with E-state index in [1.54, 1.807) is 6.92 Å². The van der Waals surface area contributed by atoms with Gasteiger partial charge in [-0.3, -0.25) is 4.79 Å². The zero-order valence-electron chi connectivity index (χ0n) is 6.64. The van der Waals surface area contributed by atoms with E-state index < -0.39 is 5.91 Å². The Balaban J connectivity index is 4.61. The molecule has 3 nitrogen and oxygen atoms in total. The molecular formula is C7H14N2O. The van der Waals surface area contributed by atoms with Gasteiger partial charge < -0.3 is 11.5 Å². The summed E-state index contributed by atoms with van der Waals surface area (Å²) in [6.07, 6.45) is 0. The molecule has 0 fully saturated rings. The van der Waals surface area contributed by atoms with Crippen molar-refractivity contribution in [3.63, 3.8) is 0 Å². The van der Waals surface area contributed by atoms with Gasteiger partial charge in [-0.2, -0.15) is 0 Å². The fourth-order valence-corrected chi connectivity index (χ4v) is 0.934. The van der Waals surface area contributed by atoms with E-state index in [4.69, 9.17) is 11.5 Å². The number of carbonyl (C=O) groups is 1. The van der Waals surface area contributed by atoms with Gasteiger partial charge in [0, 0.05) is 11.3 Å². The molecule has 0 aromatic heterocycles. The Morgan fingerprint density at radius 3 is 1.70 bits per heavy atom. The van der Waals surface area contributed by atoms with Crippen molar-refractivity contribution in [2.24, 2.45) is 17.4 Å². The van der Waals surface area contributed by atoms with Gasteiger partial charge in [-0.05, 0) is 12.8 Å². The predicted octanol–water partition coefficient (Wildman–Crippen LogP) is 0.360. The molecule has 0 aromatic carbocycles. The van der Waals surface area contributed by atoms with Crippen LogP contribution >= 0.6 is 0 Å². The Morgan fingerprint density at radius 2 is 1.70 bits per heavy atom. The summed E-state index contributed by atoms with van der Waals surface area (Å²) in [6, 6.07) is 0. The molecule has 0 unspecified atom stereocenters. The van der Waals surface area contributed by atoms with Crippen LogP contribution in [0.1, 0.15) is 20.8 Å². The van der Waals surface area contributed by atoms with Gasteiger partial charge in [-0.15, -0.1) is 0 Å². The molecule has 0 aliphatic heterocycles. The van der Waals surface area contributed by atoms with Crippen molar-refractivity contribution in [3.05, 3.63) is 11.3 Å². The van der Waals surface area contributed by atoms with Crippen LogP contribution in [0.15, 0.2) is 11.3 Å². The lowest BCUT2D eigenvalue weighted by Gasteiger charge is -2.08. The highest BCUT2D eigenvalue weighted by atomic mass is 16.1. The van der Waals surface area contributed by atoms with Crippen LogP contribution in [0, 0.1) is 5.92 Å². The summed E-state index contributed by atoms with van der Waals surface area (Å²) in [5.41, 5.74) is 11.5. The summed E-state index contributed by atoms with van der Waals surface area (Å²) in [7, 11) is 0. The van der Waals surface area contributed by atoms with E-state index in [0.717, 1.165) is 0 Å². The molecule has 0 bridgehead atoms. The number of amides is 1. The van der Waals surface area contributed by atoms with Crippen molar-refractivity contribution in [1.29, 1.82) is 0 Å². The second-order valence-corrected chi connectivity index (χ2v) is 2.62. The lowest BCUT2D eigenvalue weighted by molar-refractivity contribution is -0.115. The molecular weight excluding hydrogens is 128 g/mol. The fraction of sp³-hybridized carbons (Fsp3) is 0.571. The third kappa shape index (κ3) is 2.09. The van der Waals surface area contributed by atoms with Crippen LogP contribution in [0.25, 0.3) is 0 Å². The number of hydrogen-bond acceptors (Lipinski definition) is 2. The summed E-state index contributed by atoms with van der Waals surface area (Å²) >= 11 is 0. The molecule has 0 saturated carbocycles. The van der Waals surface area contributed by atoms with E-state index >= 15 is 0 Å². The Kier molecular flexibility index (Phi) is 2.93. The van der Waals surface area contributed by atoms with E-state index in [9.17, 15) is 4.79 Å². The highest BCUT2D eigenvalue weighted by Gasteiger charge is 2.10. The summed E-state index contributed by atoms with van der Waals surface area (Å²) < 4.78 is 0. The van der Waals surface area contributed by atoms with Crippen LogP contribution in [0.3, 0.4) is 0 Å². The first-order chi connectivity index (χ1) is 4.46. The SMILES string of the molecule is C/C(N)=C(/C(N)=O)C(C)C. The number of hydrogen-bond donors (Lipinski definition) is 2. The monoisotopic (exact) mass is 142 g/mol. The van der Waals surface area contributed by atoms with Crippen LogP contribution in [0.2, 0.25) is 0 Å². The second-order valence-electron chi connectivity index (χ2n) is 2.62. The van der Waals surface area contributed by atoms with E-state index in [1.807, 2.05) is 13.8 Å². The zero-order valence-corrected chi connectivity index (χ0v) is 6.64. The van der Waals surface area contributed by atoms with Crippen LogP contribution in [0.4, 0.5) is 0 Å². The van der Waals surface area contributed by atoms with Gasteiger partial charge in [0.15, 0.2) is 0 Å². The molecule has 0 saturated heterocycles. The lowest BCUT2D eigenvalue weighted by Crippen LogP contribution is -2.21. The molecule has 0 aliphatic rings. The number of rotatable bonds is 2. The van der Waals surface area contributed by atoms with Crippen LogP contribution < -0.4 is 11.5 Å². The van der Waals surface area contributed by atoms with Crippen molar-refractivity contribution in [2.75, 3.05) is 0 Å². The minimum absolute atomic E-state index is 0.113. The van der Waals surface area contributed by atoms with Gasteiger partial charge in [-0.1, -0.05) is 13.8 Å². The quantitative estimate of drug-likeness (QED) is 0.546. The summed E-state index contributed by atoms with van der Waals surface area (Å²) in [5, 5.41) is 0. The number of carbonyl (C=O) groups excluding carboxylic acids is 1. The van der Waals surface area contributed by atoms with E-state index in [0.29, 0.717) is 11.3 Å². The first-order valence-corrected chi connectivity index (χ1v) is 3.22. The Labute approximate surface area is 61.1 Å². The van der Waals surface area contributed by atoms with Gasteiger partial charge in [0.25, 0.3) is 0 Å². The number of primary amides is 1. The summed E-state index contributed by atoms with van der Waals surface area (Å²) in [4.78, 5) is 10.7. The minimum Gasteiger partial charge on any atom is -0.402 e. The smallest absolute Gasteiger partial charge is 0.246 e. The first-order valence-electron chi connectivity index (χ1n) is 3.22. The standard InChI is InChI=1S/C7H14N2O/c1-4(2)6(5(3)8)7(9)10/h4H,8H2,1-3H3,(H2,9,10)/b6-5-. The van der Waals surface area contributed by atoms with Crippen LogP contribution in [0.5, 0.6) is 0 Å². The Hall–Kier alpha value is -0.990. The third-order valence-corrected chi connectivity index (χ3v) is 1.27. The Bertz CT molecular complexity index is 166. The average Bonchev–Trinajstić information content (AvgIpc) is 1.59. The van der Waals surface area contributed by atoms with Crippen molar-refractivity contribution in [1.82, 2.24) is 0 Å². The highest BCUT2D eigenvalue weighted by Crippen LogP contribution is 2.10. The molecule has 0 rings (SSSR count). The number of allylic oxidation sites excluding steroid dienone is 1. The summed E-state index contributed by atoms with van der Waals surface area (Å²) in [6.45, 7) is 5.45. The van der Waals surface area contributed by atoms with E-state index in [2.05, 4.69) is 0 Å². The second kappa shape index (κ2) is 3.25. The van der Waals surface area contributed by atoms with Crippen LogP contribution in [-0.4, -0.2) is 5.91 Å². The van der Waals surface area contributed by atoms with Gasteiger partial charge in [0.1, 0.15) is 0 Å². The number of nitrogens with two attached hydrogens (primary N) is 2. The van der Waals surface area contributed by atoms with Gasteiger partial charge >= 0.3 is 0 Å². The summed E-state index contributed by atoms with van der Waals surface area (Å²) in [5.74, 6) is -0.308. The molecule has 1 amide bonds. The molecule has 4 N–H and O–H groups in total. The third-order valence-electron chi connectivity index (χ3n) is 1.27. The fourth-order valence-electron chi connectivity index (χ4n) is 0.934. The molecule has 0 radical (unpaired) electrons. The van der Waals surface area contributed by atoms with E-state index in [-0.39, 0.29) is 5.92 Å². The van der Waals surface area contributed by atoms with Crippen molar-refractivity contribution >= 4 is 5.91 Å². The maximum Gasteiger partial charge on any atom is 0.246 e. The topological polar surface area (TPSA) is 69.1 Å². The maximum atomic E-state index is 10.7. The van der Waals surface area contributed by atoms with Gasteiger partial charge in [0.2, 0.25) is 5.91 Å². The van der Waals surface area contributed by atoms with E-state index in [1.165, 1.54) is 0 Å². The van der Waals surface area contributed by atoms with Crippen molar-refractivity contribution in [3.8, 4) is 0 Å². The molecule has 3 heteroatoms. The van der Waals surface area contributed by atoms with Gasteiger partial charge in [-0.25, -0.2) is 0 Å². The molecule has 0 aromatic rings. The lowest BCUT2D eigenvalue weighted by atomic mass is 10.0. The molecule has 0 heterocycles. The molecule has 0 aliphatic carbocycles. The molecule has 10 heavy (non-hydrogen) atoms. The van der Waals surface area contributed by atoms with Crippen molar-refractivity contribution in [2.45, 2.75) is 20.8 Å². The zero-order chi connectivity index (χ0) is 8.31. The highest BCUT2D eigenvalue weighted by molar-refractivity contribution is 5.92. The minimum atomic E-state index is -0.421. The average molecular weight is 142 g/mol. The van der Waals surface area contributed by atoms with Gasteiger partial charge in [0.05, 0.1) is 0 Å². The first kappa shape index (κ1) is 9.01. The maximum absolute atomic E-state index is 10.7. The molecule has 58 valence electrons. The van der Waals surface area contributed by atoms with Crippen LogP contribution in [-0.2, 0) is 4.79 Å². The normalized spacial score (nSPS) is 13.2.